The molecule has 0 aliphatic rings. The zero-order chi connectivity index (χ0) is 12.8. The lowest BCUT2D eigenvalue weighted by molar-refractivity contribution is 0.155. The first kappa shape index (κ1) is 12.5. The number of nitrogens with one attached hydrogen (secondary N) is 1. The van der Waals surface area contributed by atoms with E-state index in [1.807, 2.05) is 30.3 Å². The summed E-state index contributed by atoms with van der Waals surface area (Å²) in [5.41, 5.74) is 1.45. The van der Waals surface area contributed by atoms with Gasteiger partial charge in [0, 0.05) is 5.38 Å². The first-order valence-electron chi connectivity index (χ1n) is 5.31. The lowest BCUT2D eigenvalue weighted by atomic mass is 10.2. The van der Waals surface area contributed by atoms with Gasteiger partial charge in [0.25, 0.3) is 0 Å². The molecule has 0 aliphatic carbocycles. The molecular formula is C12H12N2O3S. The minimum absolute atomic E-state index is 0.142. The number of ether oxygens (including phenoxy) is 1. The average molecular weight is 264 g/mol. The number of amides is 1. The second kappa shape index (κ2) is 6.13. The molecule has 2 aromatic rings. The third-order valence-corrected chi connectivity index (χ3v) is 2.94. The number of hydrogen-bond donors (Lipinski definition) is 2. The zero-order valence-corrected chi connectivity index (χ0v) is 10.3. The highest BCUT2D eigenvalue weighted by atomic mass is 32.1. The van der Waals surface area contributed by atoms with Crippen molar-refractivity contribution in [1.82, 2.24) is 4.98 Å². The largest absolute Gasteiger partial charge is 0.444 e. The smallest absolute Gasteiger partial charge is 0.413 e. The van der Waals surface area contributed by atoms with Gasteiger partial charge in [0.1, 0.15) is 6.61 Å². The van der Waals surface area contributed by atoms with Crippen molar-refractivity contribution >= 4 is 22.6 Å². The third kappa shape index (κ3) is 3.54. The molecule has 5 nitrogen and oxygen atoms in total. The molecule has 94 valence electrons. The number of nitrogens with zero attached hydrogens (tertiary/aromatic N) is 1. The summed E-state index contributed by atoms with van der Waals surface area (Å²) in [4.78, 5) is 15.4. The van der Waals surface area contributed by atoms with Crippen LogP contribution in [-0.4, -0.2) is 16.2 Å². The van der Waals surface area contributed by atoms with Gasteiger partial charge in [-0.1, -0.05) is 30.3 Å². The summed E-state index contributed by atoms with van der Waals surface area (Å²) >= 11 is 1.24. The number of rotatable bonds is 4. The fourth-order valence-electron chi connectivity index (χ4n) is 1.28. The van der Waals surface area contributed by atoms with Crippen molar-refractivity contribution in [1.29, 1.82) is 0 Å². The summed E-state index contributed by atoms with van der Waals surface area (Å²) in [6.45, 7) is 0.0716. The second-order valence-electron chi connectivity index (χ2n) is 3.49. The monoisotopic (exact) mass is 264 g/mol. The van der Waals surface area contributed by atoms with Crippen LogP contribution in [0.25, 0.3) is 0 Å². The van der Waals surface area contributed by atoms with Crippen molar-refractivity contribution in [2.75, 3.05) is 5.32 Å². The van der Waals surface area contributed by atoms with Gasteiger partial charge < -0.3 is 9.84 Å². The fraction of sp³-hybridized carbons (Fsp3) is 0.167. The SMILES string of the molecule is O=C(Nc1nc(CO)cs1)OCc1ccccc1. The van der Waals surface area contributed by atoms with Gasteiger partial charge in [-0.25, -0.2) is 9.78 Å². The van der Waals surface area contributed by atoms with E-state index in [0.29, 0.717) is 10.8 Å². The van der Waals surface area contributed by atoms with Crippen LogP contribution in [0.4, 0.5) is 9.93 Å². The Kier molecular flexibility index (Phi) is 4.27. The molecule has 0 unspecified atom stereocenters. The lowest BCUT2D eigenvalue weighted by Gasteiger charge is -2.04. The van der Waals surface area contributed by atoms with Crippen LogP contribution in [0.1, 0.15) is 11.3 Å². The van der Waals surface area contributed by atoms with Crippen molar-refractivity contribution in [3.05, 3.63) is 47.0 Å². The quantitative estimate of drug-likeness (QED) is 0.889. The minimum atomic E-state index is -0.558. The Balaban J connectivity index is 1.82. The van der Waals surface area contributed by atoms with Crippen molar-refractivity contribution in [2.45, 2.75) is 13.2 Å². The molecule has 0 saturated heterocycles. The molecule has 18 heavy (non-hydrogen) atoms. The van der Waals surface area contributed by atoms with E-state index < -0.39 is 6.09 Å². The number of thiazole rings is 1. The van der Waals surface area contributed by atoms with Crippen LogP contribution in [0, 0.1) is 0 Å². The van der Waals surface area contributed by atoms with E-state index in [9.17, 15) is 4.79 Å². The van der Waals surface area contributed by atoms with Crippen LogP contribution in [0.2, 0.25) is 0 Å². The van der Waals surface area contributed by atoms with Crippen molar-refractivity contribution in [3.8, 4) is 0 Å². The number of carbonyl (C=O) groups is 1. The number of hydrogen-bond acceptors (Lipinski definition) is 5. The van der Waals surface area contributed by atoms with Crippen molar-refractivity contribution in [3.63, 3.8) is 0 Å². The number of aliphatic hydroxyl groups excluding tert-OH is 1. The number of benzene rings is 1. The minimum Gasteiger partial charge on any atom is -0.444 e. The van der Waals surface area contributed by atoms with Gasteiger partial charge in [0.2, 0.25) is 0 Å². The molecule has 2 N–H and O–H groups in total. The molecule has 1 aromatic heterocycles. The molecule has 0 bridgehead atoms. The van der Waals surface area contributed by atoms with Gasteiger partial charge in [-0.15, -0.1) is 11.3 Å². The molecule has 0 atom stereocenters. The van der Waals surface area contributed by atoms with E-state index >= 15 is 0 Å². The highest BCUT2D eigenvalue weighted by Gasteiger charge is 2.07. The van der Waals surface area contributed by atoms with Crippen LogP contribution in [0.15, 0.2) is 35.7 Å². The van der Waals surface area contributed by atoms with Crippen LogP contribution in [0.5, 0.6) is 0 Å². The predicted octanol–water partition coefficient (Wildman–Crippen LogP) is 2.38. The first-order valence-corrected chi connectivity index (χ1v) is 6.19. The van der Waals surface area contributed by atoms with Gasteiger partial charge in [0.05, 0.1) is 12.3 Å². The van der Waals surface area contributed by atoms with Gasteiger partial charge in [0.15, 0.2) is 5.13 Å². The number of carbonyl (C=O) groups excluding carboxylic acids is 1. The Hall–Kier alpha value is -1.92. The van der Waals surface area contributed by atoms with Crippen LogP contribution in [-0.2, 0) is 18.0 Å². The second-order valence-corrected chi connectivity index (χ2v) is 4.35. The van der Waals surface area contributed by atoms with Crippen LogP contribution in [0.3, 0.4) is 0 Å². The summed E-state index contributed by atoms with van der Waals surface area (Å²) in [7, 11) is 0. The summed E-state index contributed by atoms with van der Waals surface area (Å²) in [5, 5.41) is 13.4. The van der Waals surface area contributed by atoms with E-state index in [0.717, 1.165) is 5.56 Å². The highest BCUT2D eigenvalue weighted by Crippen LogP contribution is 2.15. The Morgan fingerprint density at radius 2 is 2.17 bits per heavy atom. The fourth-order valence-corrected chi connectivity index (χ4v) is 1.97. The zero-order valence-electron chi connectivity index (χ0n) is 9.50. The third-order valence-electron chi connectivity index (χ3n) is 2.14. The molecular weight excluding hydrogens is 252 g/mol. The average Bonchev–Trinajstić information content (AvgIpc) is 2.85. The van der Waals surface area contributed by atoms with E-state index in [2.05, 4.69) is 10.3 Å². The van der Waals surface area contributed by atoms with Gasteiger partial charge in [-0.2, -0.15) is 0 Å². The van der Waals surface area contributed by atoms with Crippen molar-refractivity contribution in [2.24, 2.45) is 0 Å². The van der Waals surface area contributed by atoms with E-state index in [4.69, 9.17) is 9.84 Å². The molecule has 0 aliphatic heterocycles. The maximum atomic E-state index is 11.5. The molecule has 6 heteroatoms. The van der Waals surface area contributed by atoms with Gasteiger partial charge >= 0.3 is 6.09 Å². The molecule has 2 rings (SSSR count). The summed E-state index contributed by atoms with van der Waals surface area (Å²) < 4.78 is 5.03. The topological polar surface area (TPSA) is 71.5 Å². The van der Waals surface area contributed by atoms with E-state index in [1.165, 1.54) is 11.3 Å². The highest BCUT2D eigenvalue weighted by molar-refractivity contribution is 7.13. The Morgan fingerprint density at radius 1 is 1.39 bits per heavy atom. The maximum Gasteiger partial charge on any atom is 0.413 e. The Labute approximate surface area is 108 Å². The Morgan fingerprint density at radius 3 is 2.83 bits per heavy atom. The first-order chi connectivity index (χ1) is 8.78. The van der Waals surface area contributed by atoms with Gasteiger partial charge in [-0.05, 0) is 5.56 Å². The van der Waals surface area contributed by atoms with Gasteiger partial charge in [-0.3, -0.25) is 5.32 Å². The molecule has 0 fully saturated rings. The number of aromatic nitrogens is 1. The summed E-state index contributed by atoms with van der Waals surface area (Å²) in [6, 6.07) is 9.41. The summed E-state index contributed by atoms with van der Waals surface area (Å²) in [6.07, 6.45) is -0.558. The number of aliphatic hydroxyl groups is 1. The van der Waals surface area contributed by atoms with Crippen LogP contribution >= 0.6 is 11.3 Å². The molecule has 1 amide bonds. The predicted molar refractivity (Wildman–Crippen MR) is 68.3 cm³/mol. The summed E-state index contributed by atoms with van der Waals surface area (Å²) in [5.74, 6) is 0. The molecule has 1 aromatic carbocycles. The molecule has 0 saturated carbocycles. The van der Waals surface area contributed by atoms with E-state index in [1.54, 1.807) is 5.38 Å². The standard InChI is InChI=1S/C12H12N2O3S/c15-6-10-8-18-11(13-10)14-12(16)17-7-9-4-2-1-3-5-9/h1-5,8,15H,6-7H2,(H,13,14,16). The molecule has 0 spiro atoms. The normalized spacial score (nSPS) is 10.1. The maximum absolute atomic E-state index is 11.5. The molecule has 0 radical (unpaired) electrons. The number of anilines is 1. The lowest BCUT2D eigenvalue weighted by Crippen LogP contribution is -2.13. The van der Waals surface area contributed by atoms with E-state index in [-0.39, 0.29) is 13.2 Å². The van der Waals surface area contributed by atoms with Crippen molar-refractivity contribution < 1.29 is 14.6 Å². The Bertz CT molecular complexity index is 513. The van der Waals surface area contributed by atoms with Crippen LogP contribution < -0.4 is 5.32 Å². The molecule has 1 heterocycles.